The molecular weight excluding hydrogens is 1150 g/mol. The summed E-state index contributed by atoms with van der Waals surface area (Å²) in [7, 11) is 3.48. The van der Waals surface area contributed by atoms with Crippen molar-refractivity contribution in [3.8, 4) is 0 Å². The van der Waals surface area contributed by atoms with Crippen molar-refractivity contribution in [1.82, 2.24) is 24.5 Å². The van der Waals surface area contributed by atoms with Gasteiger partial charge < -0.3 is 47.9 Å². The van der Waals surface area contributed by atoms with Gasteiger partial charge in [-0.25, -0.2) is 38.4 Å². The van der Waals surface area contributed by atoms with E-state index >= 15 is 0 Å². The Morgan fingerprint density at radius 1 is 0.409 bits per heavy atom. The monoisotopic (exact) mass is 1250 g/mol. The predicted molar refractivity (Wildman–Crippen MR) is 326 cm³/mol. The van der Waals surface area contributed by atoms with Gasteiger partial charge in [0, 0.05) is 52.0 Å². The average Bonchev–Trinajstić information content (AvgIpc) is 3.95. The number of likely N-dealkylation sites (tertiary alicyclic amines) is 4. The van der Waals surface area contributed by atoms with Crippen LogP contribution in [0, 0.1) is 17.8 Å². The number of Topliss-reactive ketones (excluding diaryl/α,β-unsaturated/α-hetero) is 3. The number of ketones is 3. The van der Waals surface area contributed by atoms with Crippen molar-refractivity contribution in [2.45, 2.75) is 262 Å². The molecule has 8 atom stereocenters. The van der Waals surface area contributed by atoms with Gasteiger partial charge in [0.25, 0.3) is 0 Å². The minimum atomic E-state index is -1.10. The lowest BCUT2D eigenvalue weighted by molar-refractivity contribution is -0.162. The molecule has 0 bridgehead atoms. The molecule has 0 spiro atoms. The fraction of sp³-hybridized carbons (Fsp3) is 0.790. The van der Waals surface area contributed by atoms with E-state index in [-0.39, 0.29) is 57.5 Å². The van der Waals surface area contributed by atoms with Gasteiger partial charge in [0.15, 0.2) is 23.4 Å². The zero-order valence-electron chi connectivity index (χ0n) is 58.0. The number of β-amino-alcohol motifs (C(OH)–C–C–N with tert-alkyl or cyclic N) is 1. The number of rotatable bonds is 5. The van der Waals surface area contributed by atoms with Crippen molar-refractivity contribution in [2.24, 2.45) is 17.8 Å². The predicted octanol–water partition coefficient (Wildman–Crippen LogP) is 7.83. The first-order valence-electron chi connectivity index (χ1n) is 29.2. The lowest BCUT2D eigenvalue weighted by atomic mass is 10.0. The summed E-state index contributed by atoms with van der Waals surface area (Å²) in [6.07, 6.45) is -1.89. The molecule has 88 heavy (non-hydrogen) atoms. The first-order chi connectivity index (χ1) is 38.7. The van der Waals surface area contributed by atoms with Crippen LogP contribution >= 0.6 is 0 Å². The van der Waals surface area contributed by atoms with Crippen LogP contribution in [0.5, 0.6) is 0 Å². The van der Waals surface area contributed by atoms with E-state index in [4.69, 9.17) is 37.9 Å². The smallest absolute Gasteiger partial charge is 0.411 e. The molecule has 4 heterocycles. The van der Waals surface area contributed by atoms with Crippen LogP contribution in [-0.2, 0) is 71.5 Å². The molecule has 0 saturated carbocycles. The maximum Gasteiger partial charge on any atom is 0.411 e. The number of carbonyl (C=O) groups excluding carboxylic acids is 11. The third-order valence-corrected chi connectivity index (χ3v) is 11.8. The molecule has 4 aliphatic heterocycles. The third-order valence-electron chi connectivity index (χ3n) is 11.8. The summed E-state index contributed by atoms with van der Waals surface area (Å²) < 4.78 is 42.5. The standard InChI is InChI=1S/C17H28N2O5.C15H27NO5.2C15H25NO5.B/c1-16(2,3)23-14(21)13-11(9-18(7)8)12(20)10-19(13)15(22)24-17(4,5)6;3*1-9-10(17)8-16(13(19)21-15(5,6)7)11(9)12(18)20-14(2,3)4;/h9,13H,10H2,1-8H3;9-11,17H,8H2,1-7H3;2*9,11H,8H2,1-7H3;/b11-9-;;;;/t13-;9-,10+,11+;9-,11+;9-,11-;/m0110./s1. The third kappa shape index (κ3) is 27.5. The Kier molecular flexibility index (Phi) is 28.1. The number of aliphatic hydroxyl groups is 1. The summed E-state index contributed by atoms with van der Waals surface area (Å²) in [6.45, 7) is 46.3. The van der Waals surface area contributed by atoms with Crippen LogP contribution in [0.1, 0.15) is 187 Å². The summed E-state index contributed by atoms with van der Waals surface area (Å²) in [5.41, 5.74) is -5.28. The van der Waals surface area contributed by atoms with E-state index < -0.39 is 141 Å². The van der Waals surface area contributed by atoms with Crippen molar-refractivity contribution in [3.05, 3.63) is 11.8 Å². The number of hydrogen-bond acceptors (Lipinski definition) is 21. The van der Waals surface area contributed by atoms with Gasteiger partial charge in [-0.3, -0.25) is 34.0 Å². The van der Waals surface area contributed by atoms with Crippen molar-refractivity contribution < 1.29 is 95.7 Å². The molecule has 0 unspecified atom stereocenters. The Labute approximate surface area is 524 Å². The van der Waals surface area contributed by atoms with Crippen LogP contribution in [0.4, 0.5) is 19.2 Å². The quantitative estimate of drug-likeness (QED) is 0.119. The van der Waals surface area contributed by atoms with Crippen LogP contribution < -0.4 is 0 Å². The zero-order chi connectivity index (χ0) is 68.6. The Morgan fingerprint density at radius 2 is 0.670 bits per heavy atom. The zero-order valence-corrected chi connectivity index (χ0v) is 58.0. The van der Waals surface area contributed by atoms with Crippen molar-refractivity contribution in [3.63, 3.8) is 0 Å². The highest BCUT2D eigenvalue weighted by molar-refractivity contribution is 6.09. The van der Waals surface area contributed by atoms with E-state index in [9.17, 15) is 57.8 Å². The molecule has 0 aromatic rings. The van der Waals surface area contributed by atoms with E-state index in [2.05, 4.69) is 0 Å². The maximum absolute atomic E-state index is 12.6. The molecule has 0 aliphatic carbocycles. The normalized spacial score (nSPS) is 23.0. The number of aliphatic hydroxyl groups excluding tert-OH is 1. The number of esters is 4. The van der Waals surface area contributed by atoms with Gasteiger partial charge in [-0.05, 0) is 166 Å². The molecule has 25 nitrogen and oxygen atoms in total. The lowest BCUT2D eigenvalue weighted by Gasteiger charge is -2.30. The molecule has 4 fully saturated rings. The first-order valence-corrected chi connectivity index (χ1v) is 29.2. The SMILES string of the molecule is CN(C)/C=C1/C(=O)CN(C(=O)OC(C)(C)C)[C@@H]1C(=O)OC(C)(C)C.C[C@@H]1C(=O)CN(C(=O)OC(C)(C)C)[C@@H]1C(=O)OC(C)(C)C.C[C@H]1C(=O)CN(C(=O)OC(C)(C)C)[C@@H]1C(=O)OC(C)(C)C.C[C@H]1[C@@H](C(=O)OC(C)(C)C)N(C(=O)OC(C)(C)C)C[C@@H]1O.[B]. The van der Waals surface area contributed by atoms with Gasteiger partial charge in [-0.1, -0.05) is 20.8 Å². The topological polar surface area (TPSA) is 298 Å². The summed E-state index contributed by atoms with van der Waals surface area (Å²) in [5, 5.41) is 9.98. The Balaban J connectivity index is 0.00000114. The van der Waals surface area contributed by atoms with Gasteiger partial charge in [-0.2, -0.15) is 0 Å². The number of hydrogen-bond donors (Lipinski definition) is 1. The molecule has 501 valence electrons. The molecule has 4 aliphatic rings. The highest BCUT2D eigenvalue weighted by Gasteiger charge is 2.52. The Hall–Kier alpha value is -6.47. The molecular formula is C62H105BN5O20. The van der Waals surface area contributed by atoms with E-state index in [1.807, 2.05) is 0 Å². The average molecular weight is 1250 g/mol. The molecule has 4 rings (SSSR count). The molecule has 3 radical (unpaired) electrons. The summed E-state index contributed by atoms with van der Waals surface area (Å²) in [6, 6.07) is -3.78. The molecule has 1 N–H and O–H groups in total. The van der Waals surface area contributed by atoms with Gasteiger partial charge >= 0.3 is 48.3 Å². The summed E-state index contributed by atoms with van der Waals surface area (Å²) in [5.74, 6) is -4.53. The molecule has 0 aromatic carbocycles. The first kappa shape index (κ1) is 81.5. The van der Waals surface area contributed by atoms with Crippen LogP contribution in [0.2, 0.25) is 0 Å². The van der Waals surface area contributed by atoms with Crippen molar-refractivity contribution >= 4 is 74.0 Å². The number of amides is 4. The van der Waals surface area contributed by atoms with Gasteiger partial charge in [0.05, 0.1) is 32.3 Å². The van der Waals surface area contributed by atoms with Gasteiger partial charge in [0.1, 0.15) is 62.9 Å². The van der Waals surface area contributed by atoms with E-state index in [0.717, 1.165) is 14.7 Å². The van der Waals surface area contributed by atoms with Gasteiger partial charge in [0.2, 0.25) is 0 Å². The highest BCUT2D eigenvalue weighted by Crippen LogP contribution is 2.32. The lowest BCUT2D eigenvalue weighted by Crippen LogP contribution is -2.47. The van der Waals surface area contributed by atoms with E-state index in [1.54, 1.807) is 212 Å². The maximum atomic E-state index is 12.6. The summed E-state index contributed by atoms with van der Waals surface area (Å²) >= 11 is 0. The number of nitrogens with zero attached hydrogens (tertiary/aromatic N) is 5. The molecule has 4 saturated heterocycles. The second kappa shape index (κ2) is 30.4. The van der Waals surface area contributed by atoms with Crippen molar-refractivity contribution in [2.75, 3.05) is 40.3 Å². The molecule has 0 aromatic heterocycles. The number of ether oxygens (including phenoxy) is 8. The minimum absolute atomic E-state index is 0. The van der Waals surface area contributed by atoms with E-state index in [1.165, 1.54) is 4.90 Å². The van der Waals surface area contributed by atoms with Crippen molar-refractivity contribution in [1.29, 1.82) is 0 Å². The largest absolute Gasteiger partial charge is 0.458 e. The second-order valence-electron chi connectivity index (χ2n) is 30.2. The van der Waals surface area contributed by atoms with Crippen LogP contribution in [0.3, 0.4) is 0 Å². The van der Waals surface area contributed by atoms with Crippen LogP contribution in [0.15, 0.2) is 11.8 Å². The summed E-state index contributed by atoms with van der Waals surface area (Å²) in [4.78, 5) is 141. The second-order valence-corrected chi connectivity index (χ2v) is 30.2. The van der Waals surface area contributed by atoms with Crippen LogP contribution in [-0.4, -0.2) is 219 Å². The Bertz CT molecular complexity index is 2460. The number of carbonyl (C=O) groups is 11. The fourth-order valence-corrected chi connectivity index (χ4v) is 8.47. The molecule has 4 amide bonds. The molecule has 26 heteroatoms. The highest BCUT2D eigenvalue weighted by atomic mass is 16.6. The Morgan fingerprint density at radius 3 is 0.955 bits per heavy atom. The van der Waals surface area contributed by atoms with Crippen LogP contribution in [0.25, 0.3) is 0 Å². The van der Waals surface area contributed by atoms with Gasteiger partial charge in [-0.15, -0.1) is 0 Å². The fourth-order valence-electron chi connectivity index (χ4n) is 8.47. The van der Waals surface area contributed by atoms with E-state index in [0.29, 0.717) is 0 Å². The minimum Gasteiger partial charge on any atom is -0.458 e.